The third-order valence-electron chi connectivity index (χ3n) is 3.95. The third kappa shape index (κ3) is 4.43. The maximum absolute atomic E-state index is 12.8. The minimum Gasteiger partial charge on any atom is -0.323 e. The number of para-hydroxylation sites is 1. The summed E-state index contributed by atoms with van der Waals surface area (Å²) in [5, 5.41) is 4.71. The van der Waals surface area contributed by atoms with Crippen LogP contribution in [-0.4, -0.2) is 16.2 Å². The SMILES string of the molecule is C=CCn1c(SCC(=O)Nc2c(Cl)cccc2Cl)[nH+]c2sc(CC)cc2c1=O. The highest BCUT2D eigenvalue weighted by molar-refractivity contribution is 7.99. The van der Waals surface area contributed by atoms with Crippen molar-refractivity contribution in [2.75, 3.05) is 11.1 Å². The van der Waals surface area contributed by atoms with Gasteiger partial charge in [-0.25, -0.2) is 9.78 Å². The van der Waals surface area contributed by atoms with Gasteiger partial charge in [0.25, 0.3) is 0 Å². The molecule has 28 heavy (non-hydrogen) atoms. The summed E-state index contributed by atoms with van der Waals surface area (Å²) in [6.07, 6.45) is 2.51. The summed E-state index contributed by atoms with van der Waals surface area (Å²) in [4.78, 5) is 30.5. The van der Waals surface area contributed by atoms with Crippen LogP contribution in [0.1, 0.15) is 11.8 Å². The number of nitrogens with zero attached hydrogens (tertiary/aromatic N) is 1. The van der Waals surface area contributed by atoms with E-state index in [9.17, 15) is 9.59 Å². The lowest BCUT2D eigenvalue weighted by Crippen LogP contribution is -2.29. The minimum absolute atomic E-state index is 0.0894. The standard InChI is InChI=1S/C19H17Cl2N3O2S2/c1-3-8-24-18(26)12-9-11(4-2)28-17(12)23-19(24)27-10-15(25)22-16-13(20)6-5-7-14(16)21/h3,5-7,9H,1,4,8,10H2,2H3,(H,22,25)/p+1. The maximum Gasteiger partial charge on any atom is 0.347 e. The topological polar surface area (TPSA) is 65.2 Å². The van der Waals surface area contributed by atoms with Crippen molar-refractivity contribution in [1.82, 2.24) is 4.57 Å². The van der Waals surface area contributed by atoms with E-state index in [4.69, 9.17) is 23.2 Å². The first kappa shape index (κ1) is 20.9. The summed E-state index contributed by atoms with van der Waals surface area (Å²) >= 11 is 15.0. The molecule has 0 saturated heterocycles. The number of carbonyl (C=O) groups is 1. The summed E-state index contributed by atoms with van der Waals surface area (Å²) < 4.78 is 1.59. The number of hydrogen-bond acceptors (Lipinski definition) is 4. The average molecular weight is 455 g/mol. The van der Waals surface area contributed by atoms with Crippen molar-refractivity contribution in [3.05, 3.63) is 62.2 Å². The van der Waals surface area contributed by atoms with Crippen LogP contribution in [0.5, 0.6) is 0 Å². The van der Waals surface area contributed by atoms with Crippen LogP contribution >= 0.6 is 46.3 Å². The molecule has 1 aromatic carbocycles. The van der Waals surface area contributed by atoms with Gasteiger partial charge in [0.05, 0.1) is 21.5 Å². The van der Waals surface area contributed by atoms with Crippen molar-refractivity contribution in [3.63, 3.8) is 0 Å². The van der Waals surface area contributed by atoms with Gasteiger partial charge in [0.15, 0.2) is 4.83 Å². The predicted molar refractivity (Wildman–Crippen MR) is 118 cm³/mol. The van der Waals surface area contributed by atoms with Gasteiger partial charge < -0.3 is 5.32 Å². The van der Waals surface area contributed by atoms with Gasteiger partial charge in [0.1, 0.15) is 11.9 Å². The molecular weight excluding hydrogens is 437 g/mol. The third-order valence-corrected chi connectivity index (χ3v) is 6.78. The predicted octanol–water partition coefficient (Wildman–Crippen LogP) is 4.66. The van der Waals surface area contributed by atoms with Gasteiger partial charge in [-0.3, -0.25) is 4.79 Å². The second-order valence-electron chi connectivity index (χ2n) is 5.88. The highest BCUT2D eigenvalue weighted by atomic mass is 35.5. The molecule has 0 radical (unpaired) electrons. The fourth-order valence-electron chi connectivity index (χ4n) is 2.61. The Bertz CT molecular complexity index is 1090. The second kappa shape index (κ2) is 9.13. The zero-order valence-corrected chi connectivity index (χ0v) is 18.2. The number of amides is 1. The molecule has 0 unspecified atom stereocenters. The molecule has 0 aliphatic carbocycles. The lowest BCUT2D eigenvalue weighted by atomic mass is 10.3. The van der Waals surface area contributed by atoms with Crippen LogP contribution in [0.3, 0.4) is 0 Å². The molecular formula is C19H18Cl2N3O2S2+. The molecule has 0 saturated carbocycles. The molecule has 0 spiro atoms. The summed E-state index contributed by atoms with van der Waals surface area (Å²) in [6.45, 7) is 6.12. The van der Waals surface area contributed by atoms with E-state index in [2.05, 4.69) is 16.9 Å². The van der Waals surface area contributed by atoms with Crippen molar-refractivity contribution < 1.29 is 9.78 Å². The van der Waals surface area contributed by atoms with Gasteiger partial charge in [-0.05, 0) is 36.4 Å². The van der Waals surface area contributed by atoms with Gasteiger partial charge in [0.2, 0.25) is 5.91 Å². The number of rotatable bonds is 7. The minimum atomic E-state index is -0.272. The van der Waals surface area contributed by atoms with Gasteiger partial charge in [-0.1, -0.05) is 60.2 Å². The van der Waals surface area contributed by atoms with Crippen LogP contribution in [0.2, 0.25) is 10.0 Å². The zero-order valence-electron chi connectivity index (χ0n) is 15.1. The average Bonchev–Trinajstić information content (AvgIpc) is 3.09. The fourth-order valence-corrected chi connectivity index (χ4v) is 4.98. The molecule has 9 heteroatoms. The van der Waals surface area contributed by atoms with Crippen molar-refractivity contribution in [2.24, 2.45) is 0 Å². The monoisotopic (exact) mass is 454 g/mol. The Labute approximate surface area is 180 Å². The number of aromatic amines is 1. The molecule has 0 atom stereocenters. The molecule has 3 aromatic rings. The van der Waals surface area contributed by atoms with E-state index < -0.39 is 0 Å². The van der Waals surface area contributed by atoms with E-state index >= 15 is 0 Å². The van der Waals surface area contributed by atoms with E-state index in [1.165, 1.54) is 11.8 Å². The lowest BCUT2D eigenvalue weighted by Gasteiger charge is -2.08. The molecule has 5 nitrogen and oxygen atoms in total. The Kier molecular flexibility index (Phi) is 6.82. The van der Waals surface area contributed by atoms with Crippen molar-refractivity contribution in [3.8, 4) is 0 Å². The Morgan fingerprint density at radius 3 is 2.75 bits per heavy atom. The summed E-state index contributed by atoms with van der Waals surface area (Å²) in [5.41, 5.74) is 0.284. The number of carbonyl (C=O) groups excluding carboxylic acids is 1. The quantitative estimate of drug-likeness (QED) is 0.320. The van der Waals surface area contributed by atoms with Gasteiger partial charge in [-0.2, -0.15) is 4.57 Å². The number of anilines is 1. The molecule has 1 amide bonds. The molecule has 0 aliphatic heterocycles. The molecule has 0 bridgehead atoms. The smallest absolute Gasteiger partial charge is 0.323 e. The zero-order chi connectivity index (χ0) is 20.3. The van der Waals surface area contributed by atoms with E-state index in [0.29, 0.717) is 32.8 Å². The van der Waals surface area contributed by atoms with Crippen LogP contribution in [0, 0.1) is 0 Å². The van der Waals surface area contributed by atoms with E-state index in [1.54, 1.807) is 40.2 Å². The summed E-state index contributed by atoms with van der Waals surface area (Å²) in [6, 6.07) is 6.93. The number of aromatic nitrogens is 2. The van der Waals surface area contributed by atoms with Crippen molar-refractivity contribution >= 4 is 68.1 Å². The number of fused-ring (bicyclic) bond motifs is 1. The number of halogens is 2. The number of nitrogens with one attached hydrogen (secondary N) is 2. The number of benzene rings is 1. The highest BCUT2D eigenvalue weighted by Gasteiger charge is 2.21. The van der Waals surface area contributed by atoms with E-state index in [1.807, 2.05) is 13.0 Å². The largest absolute Gasteiger partial charge is 0.347 e. The first-order valence-electron chi connectivity index (χ1n) is 8.50. The summed E-state index contributed by atoms with van der Waals surface area (Å²) in [7, 11) is 0. The number of allylic oxidation sites excluding steroid dienone is 1. The number of thiophene rings is 1. The van der Waals surface area contributed by atoms with Crippen LogP contribution in [-0.2, 0) is 17.8 Å². The van der Waals surface area contributed by atoms with E-state index in [-0.39, 0.29) is 17.2 Å². The van der Waals surface area contributed by atoms with Gasteiger partial charge in [0, 0.05) is 4.88 Å². The summed E-state index contributed by atoms with van der Waals surface area (Å²) in [5.74, 6) is -0.182. The molecule has 146 valence electrons. The van der Waals surface area contributed by atoms with Gasteiger partial charge in [-0.15, -0.1) is 0 Å². The van der Waals surface area contributed by atoms with Crippen LogP contribution < -0.4 is 15.9 Å². The van der Waals surface area contributed by atoms with Crippen LogP contribution in [0.25, 0.3) is 10.2 Å². The molecule has 2 heterocycles. The Hall–Kier alpha value is -1.80. The van der Waals surface area contributed by atoms with Crippen molar-refractivity contribution in [1.29, 1.82) is 0 Å². The number of thioether (sulfide) groups is 1. The number of hydrogen-bond donors (Lipinski definition) is 1. The maximum atomic E-state index is 12.8. The first-order valence-corrected chi connectivity index (χ1v) is 11.1. The van der Waals surface area contributed by atoms with Crippen LogP contribution in [0.15, 0.2) is 46.9 Å². The Balaban J connectivity index is 1.85. The molecule has 0 fully saturated rings. The van der Waals surface area contributed by atoms with Crippen LogP contribution in [0.4, 0.5) is 5.69 Å². The fraction of sp³-hybridized carbons (Fsp3) is 0.211. The van der Waals surface area contributed by atoms with Crippen molar-refractivity contribution in [2.45, 2.75) is 25.0 Å². The normalized spacial score (nSPS) is 11.0. The Morgan fingerprint density at radius 2 is 2.11 bits per heavy atom. The molecule has 2 N–H and O–H groups in total. The Morgan fingerprint density at radius 1 is 1.39 bits per heavy atom. The van der Waals surface area contributed by atoms with Gasteiger partial charge >= 0.3 is 10.7 Å². The first-order chi connectivity index (χ1) is 13.4. The lowest BCUT2D eigenvalue weighted by molar-refractivity contribution is -0.404. The number of H-pyrrole nitrogens is 1. The molecule has 3 rings (SSSR count). The highest BCUT2D eigenvalue weighted by Crippen LogP contribution is 2.30. The molecule has 0 aliphatic rings. The number of aryl methyl sites for hydroxylation is 1. The second-order valence-corrected chi connectivity index (χ2v) is 8.79. The van der Waals surface area contributed by atoms with E-state index in [0.717, 1.165) is 16.1 Å². The molecule has 2 aromatic heterocycles.